The van der Waals surface area contributed by atoms with Gasteiger partial charge in [-0.1, -0.05) is 6.92 Å². The number of hydrogen-bond donors (Lipinski definition) is 1. The molecule has 0 aliphatic rings. The lowest BCUT2D eigenvalue weighted by Gasteiger charge is -2.21. The highest BCUT2D eigenvalue weighted by Gasteiger charge is 2.15. The number of anilines is 2. The average Bonchev–Trinajstić information content (AvgIpc) is 2.92. The number of fused-ring (bicyclic) bond motifs is 1. The van der Waals surface area contributed by atoms with E-state index in [0.717, 1.165) is 29.0 Å². The van der Waals surface area contributed by atoms with Crippen molar-refractivity contribution in [3.8, 4) is 0 Å². The van der Waals surface area contributed by atoms with Crippen LogP contribution >= 0.6 is 11.3 Å². The second-order valence-corrected chi connectivity index (χ2v) is 5.98. The Hall–Kier alpha value is -1.89. The van der Waals surface area contributed by atoms with Crippen molar-refractivity contribution in [1.29, 1.82) is 0 Å². The summed E-state index contributed by atoms with van der Waals surface area (Å²) in [6, 6.07) is 2.00. The van der Waals surface area contributed by atoms with E-state index in [9.17, 15) is 4.79 Å². The maximum Gasteiger partial charge on any atom is 0.241 e. The molecule has 114 valence electrons. The Morgan fingerprint density at radius 1 is 1.33 bits per heavy atom. The monoisotopic (exact) mass is 307 g/mol. The fraction of sp³-hybridized carbons (Fsp3) is 0.500. The predicted molar refractivity (Wildman–Crippen MR) is 88.2 cm³/mol. The second kappa shape index (κ2) is 6.71. The Morgan fingerprint density at radius 2 is 2.10 bits per heavy atom. The highest BCUT2D eigenvalue weighted by Crippen LogP contribution is 2.28. The Labute approximate surface area is 128 Å². The summed E-state index contributed by atoms with van der Waals surface area (Å²) in [6.45, 7) is 3.22. The van der Waals surface area contributed by atoms with E-state index in [0.29, 0.717) is 12.5 Å². The van der Waals surface area contributed by atoms with Gasteiger partial charge in [0.1, 0.15) is 10.6 Å². The molecule has 0 bridgehead atoms. The van der Waals surface area contributed by atoms with Crippen LogP contribution in [0.15, 0.2) is 11.4 Å². The van der Waals surface area contributed by atoms with Crippen LogP contribution in [0.2, 0.25) is 0 Å². The van der Waals surface area contributed by atoms with Gasteiger partial charge in [0.2, 0.25) is 11.9 Å². The minimum Gasteiger partial charge on any atom is -0.354 e. The third-order valence-electron chi connectivity index (χ3n) is 3.07. The molecule has 0 atom stereocenters. The lowest BCUT2D eigenvalue weighted by molar-refractivity contribution is -0.127. The molecule has 7 heteroatoms. The zero-order chi connectivity index (χ0) is 15.4. The van der Waals surface area contributed by atoms with Crippen molar-refractivity contribution in [2.45, 2.75) is 13.3 Å². The van der Waals surface area contributed by atoms with E-state index >= 15 is 0 Å². The van der Waals surface area contributed by atoms with Crippen molar-refractivity contribution in [2.24, 2.45) is 0 Å². The molecule has 0 radical (unpaired) electrons. The van der Waals surface area contributed by atoms with Gasteiger partial charge < -0.3 is 15.1 Å². The number of nitrogens with one attached hydrogen (secondary N) is 1. The van der Waals surface area contributed by atoms with Crippen LogP contribution in [0.3, 0.4) is 0 Å². The summed E-state index contributed by atoms with van der Waals surface area (Å²) in [6.07, 6.45) is 1.01. The summed E-state index contributed by atoms with van der Waals surface area (Å²) in [4.78, 5) is 25.3. The molecule has 1 amide bonds. The molecule has 0 aliphatic heterocycles. The van der Waals surface area contributed by atoms with E-state index in [-0.39, 0.29) is 5.91 Å². The molecule has 1 N–H and O–H groups in total. The van der Waals surface area contributed by atoms with Crippen LogP contribution in [0, 0.1) is 0 Å². The van der Waals surface area contributed by atoms with Gasteiger partial charge in [0.15, 0.2) is 0 Å². The van der Waals surface area contributed by atoms with E-state index in [1.165, 1.54) is 0 Å². The van der Waals surface area contributed by atoms with Gasteiger partial charge in [-0.25, -0.2) is 4.98 Å². The largest absolute Gasteiger partial charge is 0.354 e. The topological polar surface area (TPSA) is 61.4 Å². The summed E-state index contributed by atoms with van der Waals surface area (Å²) in [5.41, 5.74) is 0. The smallest absolute Gasteiger partial charge is 0.241 e. The third kappa shape index (κ3) is 3.60. The van der Waals surface area contributed by atoms with Crippen molar-refractivity contribution in [3.05, 3.63) is 11.4 Å². The van der Waals surface area contributed by atoms with Gasteiger partial charge in [-0.2, -0.15) is 4.98 Å². The number of amides is 1. The van der Waals surface area contributed by atoms with Gasteiger partial charge in [0, 0.05) is 27.7 Å². The molecule has 2 rings (SSSR count). The van der Waals surface area contributed by atoms with Crippen LogP contribution in [0.4, 0.5) is 11.8 Å². The molecule has 2 aromatic heterocycles. The van der Waals surface area contributed by atoms with Gasteiger partial charge in [0.05, 0.1) is 11.9 Å². The summed E-state index contributed by atoms with van der Waals surface area (Å²) >= 11 is 1.58. The number of likely N-dealkylation sites (N-methyl/N-ethyl adjacent to an activating group) is 2. The molecule has 0 aromatic carbocycles. The van der Waals surface area contributed by atoms with Crippen LogP contribution in [0.25, 0.3) is 10.2 Å². The Morgan fingerprint density at radius 3 is 2.76 bits per heavy atom. The fourth-order valence-corrected chi connectivity index (χ4v) is 2.62. The molecule has 6 nitrogen and oxygen atoms in total. The average molecular weight is 307 g/mol. The number of nitrogens with zero attached hydrogens (tertiary/aromatic N) is 4. The van der Waals surface area contributed by atoms with Crippen LogP contribution in [0.1, 0.15) is 13.3 Å². The van der Waals surface area contributed by atoms with Crippen molar-refractivity contribution in [2.75, 3.05) is 44.4 Å². The van der Waals surface area contributed by atoms with Crippen molar-refractivity contribution in [3.63, 3.8) is 0 Å². The minimum absolute atomic E-state index is 0.0440. The normalized spacial score (nSPS) is 10.7. The van der Waals surface area contributed by atoms with Crippen molar-refractivity contribution < 1.29 is 4.79 Å². The van der Waals surface area contributed by atoms with Crippen LogP contribution < -0.4 is 10.2 Å². The van der Waals surface area contributed by atoms with Crippen molar-refractivity contribution in [1.82, 2.24) is 14.9 Å². The molecule has 0 saturated carbocycles. The third-order valence-corrected chi connectivity index (χ3v) is 3.88. The SMILES string of the molecule is CCCNc1nc(N(C)CC(=O)N(C)C)c2ccsc2n1. The number of rotatable bonds is 6. The molecule has 2 heterocycles. The molecule has 0 aliphatic carbocycles. The first-order valence-corrected chi connectivity index (χ1v) is 7.81. The zero-order valence-electron chi connectivity index (χ0n) is 12.9. The molecule has 0 saturated heterocycles. The van der Waals surface area contributed by atoms with Crippen LogP contribution in [0.5, 0.6) is 0 Å². The van der Waals surface area contributed by atoms with E-state index in [4.69, 9.17) is 0 Å². The minimum atomic E-state index is 0.0440. The maximum absolute atomic E-state index is 11.9. The zero-order valence-corrected chi connectivity index (χ0v) is 13.7. The number of carbonyl (C=O) groups excluding carboxylic acids is 1. The van der Waals surface area contributed by atoms with Gasteiger partial charge in [0.25, 0.3) is 0 Å². The molecule has 2 aromatic rings. The number of thiophene rings is 1. The highest BCUT2D eigenvalue weighted by molar-refractivity contribution is 7.16. The molecule has 0 spiro atoms. The first-order valence-electron chi connectivity index (χ1n) is 6.93. The Balaban J connectivity index is 2.31. The van der Waals surface area contributed by atoms with Crippen LogP contribution in [-0.2, 0) is 4.79 Å². The lowest BCUT2D eigenvalue weighted by atomic mass is 10.3. The number of aromatic nitrogens is 2. The summed E-state index contributed by atoms with van der Waals surface area (Å²) in [7, 11) is 5.39. The van der Waals surface area contributed by atoms with Gasteiger partial charge in [-0.05, 0) is 17.9 Å². The first kappa shape index (κ1) is 15.5. The quantitative estimate of drug-likeness (QED) is 0.885. The summed E-state index contributed by atoms with van der Waals surface area (Å²) in [5, 5.41) is 6.19. The van der Waals surface area contributed by atoms with Crippen molar-refractivity contribution >= 4 is 39.2 Å². The Bertz CT molecular complexity index is 625. The number of carbonyl (C=O) groups is 1. The highest BCUT2D eigenvalue weighted by atomic mass is 32.1. The van der Waals surface area contributed by atoms with Gasteiger partial charge in [-0.3, -0.25) is 4.79 Å². The summed E-state index contributed by atoms with van der Waals surface area (Å²) in [5.74, 6) is 1.45. The fourth-order valence-electron chi connectivity index (χ4n) is 1.87. The first-order chi connectivity index (χ1) is 10.0. The van der Waals surface area contributed by atoms with Crippen LogP contribution in [-0.4, -0.2) is 55.0 Å². The molecule has 21 heavy (non-hydrogen) atoms. The molecule has 0 unspecified atom stereocenters. The Kier molecular flexibility index (Phi) is 4.95. The molecule has 0 fully saturated rings. The van der Waals surface area contributed by atoms with E-state index < -0.39 is 0 Å². The van der Waals surface area contributed by atoms with E-state index in [2.05, 4.69) is 22.2 Å². The van der Waals surface area contributed by atoms with Gasteiger partial charge in [-0.15, -0.1) is 11.3 Å². The maximum atomic E-state index is 11.9. The lowest BCUT2D eigenvalue weighted by Crippen LogP contribution is -2.34. The summed E-state index contributed by atoms with van der Waals surface area (Å²) < 4.78 is 0. The number of hydrogen-bond acceptors (Lipinski definition) is 6. The predicted octanol–water partition coefficient (Wildman–Crippen LogP) is 2.04. The van der Waals surface area contributed by atoms with E-state index in [1.54, 1.807) is 30.3 Å². The van der Waals surface area contributed by atoms with E-state index in [1.807, 2.05) is 23.4 Å². The second-order valence-electron chi connectivity index (χ2n) is 5.08. The molecular formula is C14H21N5OS. The standard InChI is InChI=1S/C14H21N5OS/c1-5-7-15-14-16-12(10-6-8-21-13(10)17-14)19(4)9-11(20)18(2)3/h6,8H,5,7,9H2,1-4H3,(H,15,16,17). The van der Waals surface area contributed by atoms with Gasteiger partial charge >= 0.3 is 0 Å². The molecular weight excluding hydrogens is 286 g/mol.